The summed E-state index contributed by atoms with van der Waals surface area (Å²) in [6.07, 6.45) is 0.890. The van der Waals surface area contributed by atoms with Crippen molar-refractivity contribution >= 4 is 0 Å². The fourth-order valence-electron chi connectivity index (χ4n) is 1.66. The van der Waals surface area contributed by atoms with Crippen molar-refractivity contribution in [1.82, 2.24) is 4.90 Å². The summed E-state index contributed by atoms with van der Waals surface area (Å²) in [6.45, 7) is 9.35. The highest BCUT2D eigenvalue weighted by molar-refractivity contribution is 4.94. The monoisotopic (exact) mass is 157 g/mol. The Hall–Kier alpha value is -0.0800. The van der Waals surface area contributed by atoms with Gasteiger partial charge in [-0.15, -0.1) is 0 Å². The van der Waals surface area contributed by atoms with Gasteiger partial charge in [0.25, 0.3) is 0 Å². The van der Waals surface area contributed by atoms with Gasteiger partial charge in [0.05, 0.1) is 5.60 Å². The number of nitrogens with zero attached hydrogens (tertiary/aromatic N) is 1. The second-order valence-corrected chi connectivity index (χ2v) is 4.14. The molecule has 0 aromatic carbocycles. The molecule has 2 nitrogen and oxygen atoms in total. The standard InChI is InChI=1S/C9H19NO/c1-4-9(11)6-10(7-9)5-8(2)3/h8,11H,4-7H2,1-3H3. The first-order valence-electron chi connectivity index (χ1n) is 4.50. The van der Waals surface area contributed by atoms with Crippen LogP contribution in [0.15, 0.2) is 0 Å². The van der Waals surface area contributed by atoms with Crippen molar-refractivity contribution in [3.8, 4) is 0 Å². The van der Waals surface area contributed by atoms with E-state index in [9.17, 15) is 5.11 Å². The molecule has 0 bridgehead atoms. The van der Waals surface area contributed by atoms with E-state index in [4.69, 9.17) is 0 Å². The number of hydrogen-bond acceptors (Lipinski definition) is 2. The molecule has 1 aliphatic heterocycles. The minimum absolute atomic E-state index is 0.352. The van der Waals surface area contributed by atoms with E-state index in [0.717, 1.165) is 32.0 Å². The molecule has 0 radical (unpaired) electrons. The number of hydrogen-bond donors (Lipinski definition) is 1. The molecule has 11 heavy (non-hydrogen) atoms. The van der Waals surface area contributed by atoms with Crippen LogP contribution in [-0.4, -0.2) is 35.2 Å². The third-order valence-corrected chi connectivity index (χ3v) is 2.32. The maximum atomic E-state index is 9.66. The molecular formula is C9H19NO. The van der Waals surface area contributed by atoms with E-state index in [2.05, 4.69) is 18.7 Å². The molecule has 1 N–H and O–H groups in total. The van der Waals surface area contributed by atoms with Crippen molar-refractivity contribution in [2.45, 2.75) is 32.8 Å². The summed E-state index contributed by atoms with van der Waals surface area (Å²) in [5.41, 5.74) is -0.352. The van der Waals surface area contributed by atoms with E-state index in [1.807, 2.05) is 6.92 Å². The Morgan fingerprint density at radius 1 is 1.45 bits per heavy atom. The first kappa shape index (κ1) is 9.01. The molecule has 0 aromatic heterocycles. The first-order valence-corrected chi connectivity index (χ1v) is 4.50. The SMILES string of the molecule is CCC1(O)CN(CC(C)C)C1. The van der Waals surface area contributed by atoms with Crippen LogP contribution in [0, 0.1) is 5.92 Å². The van der Waals surface area contributed by atoms with Gasteiger partial charge in [0.2, 0.25) is 0 Å². The van der Waals surface area contributed by atoms with Crippen molar-refractivity contribution < 1.29 is 5.11 Å². The lowest BCUT2D eigenvalue weighted by atomic mass is 9.90. The van der Waals surface area contributed by atoms with Crippen LogP contribution in [0.5, 0.6) is 0 Å². The number of likely N-dealkylation sites (tertiary alicyclic amines) is 1. The molecule has 1 rings (SSSR count). The molecule has 0 aromatic rings. The third kappa shape index (κ3) is 2.17. The van der Waals surface area contributed by atoms with E-state index in [0.29, 0.717) is 0 Å². The van der Waals surface area contributed by atoms with Crippen molar-refractivity contribution in [1.29, 1.82) is 0 Å². The predicted octanol–water partition coefficient (Wildman–Crippen LogP) is 1.10. The molecular weight excluding hydrogens is 138 g/mol. The van der Waals surface area contributed by atoms with Gasteiger partial charge in [-0.05, 0) is 12.3 Å². The fraction of sp³-hybridized carbons (Fsp3) is 1.00. The average molecular weight is 157 g/mol. The number of β-amino-alcohol motifs (C(OH)–C–C–N with tert-alkyl or cyclic N) is 1. The molecule has 0 aliphatic carbocycles. The van der Waals surface area contributed by atoms with Crippen LogP contribution in [0.4, 0.5) is 0 Å². The Morgan fingerprint density at radius 3 is 2.36 bits per heavy atom. The fourth-order valence-corrected chi connectivity index (χ4v) is 1.66. The molecule has 1 heterocycles. The van der Waals surface area contributed by atoms with Crippen LogP contribution in [0.1, 0.15) is 27.2 Å². The van der Waals surface area contributed by atoms with Crippen LogP contribution < -0.4 is 0 Å². The Balaban J connectivity index is 2.18. The smallest absolute Gasteiger partial charge is 0.0897 e. The summed E-state index contributed by atoms with van der Waals surface area (Å²) >= 11 is 0. The Labute approximate surface area is 69.2 Å². The van der Waals surface area contributed by atoms with Crippen LogP contribution in [0.3, 0.4) is 0 Å². The van der Waals surface area contributed by atoms with Gasteiger partial charge in [0.1, 0.15) is 0 Å². The average Bonchev–Trinajstić information content (AvgIpc) is 1.83. The highest BCUT2D eigenvalue weighted by Gasteiger charge is 2.38. The summed E-state index contributed by atoms with van der Waals surface area (Å²) < 4.78 is 0. The third-order valence-electron chi connectivity index (χ3n) is 2.32. The predicted molar refractivity (Wildman–Crippen MR) is 46.5 cm³/mol. The lowest BCUT2D eigenvalue weighted by Gasteiger charge is -2.46. The summed E-state index contributed by atoms with van der Waals surface area (Å²) in [5, 5.41) is 9.66. The molecule has 1 fully saturated rings. The highest BCUT2D eigenvalue weighted by Crippen LogP contribution is 2.24. The second-order valence-electron chi connectivity index (χ2n) is 4.14. The van der Waals surface area contributed by atoms with Crippen LogP contribution in [0.2, 0.25) is 0 Å². The van der Waals surface area contributed by atoms with Gasteiger partial charge < -0.3 is 5.11 Å². The Morgan fingerprint density at radius 2 is 2.00 bits per heavy atom. The minimum Gasteiger partial charge on any atom is -0.387 e. The van der Waals surface area contributed by atoms with Crippen molar-refractivity contribution in [3.05, 3.63) is 0 Å². The molecule has 1 saturated heterocycles. The van der Waals surface area contributed by atoms with E-state index in [1.54, 1.807) is 0 Å². The minimum atomic E-state index is -0.352. The van der Waals surface area contributed by atoms with Gasteiger partial charge in [-0.2, -0.15) is 0 Å². The quantitative estimate of drug-likeness (QED) is 0.663. The van der Waals surface area contributed by atoms with Crippen molar-refractivity contribution in [3.63, 3.8) is 0 Å². The second kappa shape index (κ2) is 3.11. The zero-order valence-electron chi connectivity index (χ0n) is 7.80. The maximum absolute atomic E-state index is 9.66. The summed E-state index contributed by atoms with van der Waals surface area (Å²) in [7, 11) is 0. The van der Waals surface area contributed by atoms with Gasteiger partial charge in [-0.3, -0.25) is 4.90 Å². The zero-order valence-corrected chi connectivity index (χ0v) is 7.80. The van der Waals surface area contributed by atoms with Gasteiger partial charge in [0.15, 0.2) is 0 Å². The molecule has 0 atom stereocenters. The topological polar surface area (TPSA) is 23.5 Å². The van der Waals surface area contributed by atoms with Gasteiger partial charge in [0, 0.05) is 19.6 Å². The van der Waals surface area contributed by atoms with Crippen LogP contribution in [-0.2, 0) is 0 Å². The largest absolute Gasteiger partial charge is 0.387 e. The molecule has 66 valence electrons. The van der Waals surface area contributed by atoms with E-state index in [-0.39, 0.29) is 5.60 Å². The summed E-state index contributed by atoms with van der Waals surface area (Å²) in [4.78, 5) is 2.31. The maximum Gasteiger partial charge on any atom is 0.0897 e. The van der Waals surface area contributed by atoms with E-state index < -0.39 is 0 Å². The first-order chi connectivity index (χ1) is 5.06. The number of aliphatic hydroxyl groups is 1. The molecule has 1 aliphatic rings. The lowest BCUT2D eigenvalue weighted by molar-refractivity contribution is -0.103. The van der Waals surface area contributed by atoms with E-state index >= 15 is 0 Å². The van der Waals surface area contributed by atoms with Gasteiger partial charge in [-0.1, -0.05) is 20.8 Å². The normalized spacial score (nSPS) is 23.7. The summed E-state index contributed by atoms with van der Waals surface area (Å²) in [5.74, 6) is 0.719. The highest BCUT2D eigenvalue weighted by atomic mass is 16.3. The van der Waals surface area contributed by atoms with Gasteiger partial charge >= 0.3 is 0 Å². The zero-order chi connectivity index (χ0) is 8.48. The van der Waals surface area contributed by atoms with Crippen molar-refractivity contribution in [2.75, 3.05) is 19.6 Å². The number of rotatable bonds is 3. The molecule has 0 amide bonds. The van der Waals surface area contributed by atoms with Crippen molar-refractivity contribution in [2.24, 2.45) is 5.92 Å². The lowest BCUT2D eigenvalue weighted by Crippen LogP contribution is -2.61. The Kier molecular flexibility index (Phi) is 2.55. The van der Waals surface area contributed by atoms with E-state index in [1.165, 1.54) is 0 Å². The van der Waals surface area contributed by atoms with Crippen LogP contribution >= 0.6 is 0 Å². The Bertz CT molecular complexity index is 128. The molecule has 0 saturated carbocycles. The molecule has 0 spiro atoms. The van der Waals surface area contributed by atoms with Gasteiger partial charge in [-0.25, -0.2) is 0 Å². The molecule has 0 unspecified atom stereocenters. The van der Waals surface area contributed by atoms with Crippen LogP contribution in [0.25, 0.3) is 0 Å². The molecule has 2 heteroatoms. The summed E-state index contributed by atoms with van der Waals surface area (Å²) in [6, 6.07) is 0.